The van der Waals surface area contributed by atoms with Gasteiger partial charge in [-0.3, -0.25) is 0 Å². The maximum atomic E-state index is 12.9. The highest BCUT2D eigenvalue weighted by Gasteiger charge is 2.47. The highest BCUT2D eigenvalue weighted by molar-refractivity contribution is 5.51. The molecule has 0 aromatic heterocycles. The lowest BCUT2D eigenvalue weighted by Gasteiger charge is -2.39. The van der Waals surface area contributed by atoms with Crippen LogP contribution in [0.2, 0.25) is 0 Å². The van der Waals surface area contributed by atoms with E-state index in [0.717, 1.165) is 11.3 Å². The average molecular weight is 285 g/mol. The summed E-state index contributed by atoms with van der Waals surface area (Å²) >= 11 is 0. The topological polar surface area (TPSA) is 41.5 Å². The zero-order valence-corrected chi connectivity index (χ0v) is 11.8. The van der Waals surface area contributed by atoms with Gasteiger partial charge in [0, 0.05) is 30.6 Å². The third kappa shape index (κ3) is 3.82. The average Bonchev–Trinajstić information content (AvgIpc) is 2.32. The van der Waals surface area contributed by atoms with E-state index in [1.165, 1.54) is 0 Å². The SMILES string of the molecule is Cc1cc(NC(C)C2CC(F)(F)C2)cc(OCCO)c1. The number of anilines is 1. The Labute approximate surface area is 117 Å². The smallest absolute Gasteiger partial charge is 0.248 e. The molecule has 0 aliphatic heterocycles. The van der Waals surface area contributed by atoms with E-state index in [4.69, 9.17) is 9.84 Å². The van der Waals surface area contributed by atoms with Gasteiger partial charge in [-0.2, -0.15) is 0 Å². The van der Waals surface area contributed by atoms with Crippen LogP contribution in [0.5, 0.6) is 5.75 Å². The Hall–Kier alpha value is -1.36. The van der Waals surface area contributed by atoms with Crippen molar-refractivity contribution in [2.24, 2.45) is 5.92 Å². The van der Waals surface area contributed by atoms with E-state index >= 15 is 0 Å². The molecule has 3 nitrogen and oxygen atoms in total. The van der Waals surface area contributed by atoms with Crippen LogP contribution in [-0.2, 0) is 0 Å². The third-order valence-electron chi connectivity index (χ3n) is 3.63. The normalized spacial score (nSPS) is 19.2. The van der Waals surface area contributed by atoms with Crippen molar-refractivity contribution in [2.75, 3.05) is 18.5 Å². The molecule has 20 heavy (non-hydrogen) atoms. The van der Waals surface area contributed by atoms with Crippen molar-refractivity contribution in [1.82, 2.24) is 0 Å². The summed E-state index contributed by atoms with van der Waals surface area (Å²) in [6.07, 6.45) is -0.0816. The Bertz CT molecular complexity index is 457. The maximum absolute atomic E-state index is 12.9. The molecule has 1 aliphatic rings. The highest BCUT2D eigenvalue weighted by atomic mass is 19.3. The van der Waals surface area contributed by atoms with Gasteiger partial charge in [0.15, 0.2) is 0 Å². The highest BCUT2D eigenvalue weighted by Crippen LogP contribution is 2.44. The summed E-state index contributed by atoms with van der Waals surface area (Å²) < 4.78 is 31.1. The first-order chi connectivity index (χ1) is 9.39. The van der Waals surface area contributed by atoms with Crippen LogP contribution in [-0.4, -0.2) is 30.3 Å². The molecule has 0 saturated heterocycles. The summed E-state index contributed by atoms with van der Waals surface area (Å²) in [5, 5.41) is 12.0. The number of halogens is 2. The minimum atomic E-state index is -2.48. The van der Waals surface area contributed by atoms with Crippen molar-refractivity contribution in [3.8, 4) is 5.75 Å². The number of aliphatic hydroxyl groups is 1. The monoisotopic (exact) mass is 285 g/mol. The standard InChI is InChI=1S/C15H21F2NO2/c1-10-5-13(7-14(6-10)20-4-3-19)18-11(2)12-8-15(16,17)9-12/h5-7,11-12,18-19H,3-4,8-9H2,1-2H3. The molecule has 0 spiro atoms. The second-order valence-electron chi connectivity index (χ2n) is 5.56. The van der Waals surface area contributed by atoms with Crippen LogP contribution in [0.4, 0.5) is 14.5 Å². The molecule has 1 atom stereocenters. The van der Waals surface area contributed by atoms with Gasteiger partial charge in [0.25, 0.3) is 0 Å². The Balaban J connectivity index is 1.96. The predicted octanol–water partition coefficient (Wildman–Crippen LogP) is 3.21. The molecule has 1 aliphatic carbocycles. The summed E-state index contributed by atoms with van der Waals surface area (Å²) in [4.78, 5) is 0. The van der Waals surface area contributed by atoms with Gasteiger partial charge in [-0.05, 0) is 37.5 Å². The summed E-state index contributed by atoms with van der Waals surface area (Å²) in [5.74, 6) is -1.80. The largest absolute Gasteiger partial charge is 0.491 e. The molecular weight excluding hydrogens is 264 g/mol. The van der Waals surface area contributed by atoms with Gasteiger partial charge in [-0.1, -0.05) is 0 Å². The summed E-state index contributed by atoms with van der Waals surface area (Å²) in [7, 11) is 0. The molecule has 1 aromatic rings. The Morgan fingerprint density at radius 2 is 2.10 bits per heavy atom. The molecule has 0 bridgehead atoms. The van der Waals surface area contributed by atoms with E-state index in [1.807, 2.05) is 32.0 Å². The molecular formula is C15H21F2NO2. The van der Waals surface area contributed by atoms with Crippen molar-refractivity contribution in [3.63, 3.8) is 0 Å². The number of rotatable bonds is 6. The molecule has 1 saturated carbocycles. The Morgan fingerprint density at radius 3 is 2.70 bits per heavy atom. The number of aryl methyl sites for hydroxylation is 1. The van der Waals surface area contributed by atoms with Crippen LogP contribution in [0.25, 0.3) is 0 Å². The van der Waals surface area contributed by atoms with E-state index in [9.17, 15) is 8.78 Å². The van der Waals surface area contributed by atoms with Crippen LogP contribution in [0.3, 0.4) is 0 Å². The number of nitrogens with one attached hydrogen (secondary N) is 1. The van der Waals surface area contributed by atoms with Gasteiger partial charge >= 0.3 is 0 Å². The lowest BCUT2D eigenvalue weighted by molar-refractivity contribution is -0.113. The van der Waals surface area contributed by atoms with Crippen molar-refractivity contribution in [3.05, 3.63) is 23.8 Å². The van der Waals surface area contributed by atoms with Gasteiger partial charge in [0.1, 0.15) is 12.4 Å². The summed E-state index contributed by atoms with van der Waals surface area (Å²) in [6.45, 7) is 4.08. The maximum Gasteiger partial charge on any atom is 0.248 e. The Morgan fingerprint density at radius 1 is 1.40 bits per heavy atom. The van der Waals surface area contributed by atoms with Crippen LogP contribution >= 0.6 is 0 Å². The summed E-state index contributed by atoms with van der Waals surface area (Å²) in [6, 6.07) is 5.67. The van der Waals surface area contributed by atoms with E-state index in [1.54, 1.807) is 0 Å². The predicted molar refractivity (Wildman–Crippen MR) is 74.5 cm³/mol. The van der Waals surface area contributed by atoms with Crippen LogP contribution in [0, 0.1) is 12.8 Å². The molecule has 1 aromatic carbocycles. The van der Waals surface area contributed by atoms with Crippen molar-refractivity contribution >= 4 is 5.69 Å². The van der Waals surface area contributed by atoms with E-state index < -0.39 is 5.92 Å². The molecule has 0 amide bonds. The number of aliphatic hydroxyl groups excluding tert-OH is 1. The van der Waals surface area contributed by atoms with Gasteiger partial charge in [0.05, 0.1) is 6.61 Å². The quantitative estimate of drug-likeness (QED) is 0.843. The summed E-state index contributed by atoms with van der Waals surface area (Å²) in [5.41, 5.74) is 1.88. The number of hydrogen-bond acceptors (Lipinski definition) is 3. The molecule has 2 rings (SSSR count). The molecule has 0 radical (unpaired) electrons. The van der Waals surface area contributed by atoms with Crippen LogP contribution in [0.15, 0.2) is 18.2 Å². The minimum Gasteiger partial charge on any atom is -0.491 e. The zero-order chi connectivity index (χ0) is 14.8. The second-order valence-corrected chi connectivity index (χ2v) is 5.56. The van der Waals surface area contributed by atoms with Crippen molar-refractivity contribution in [2.45, 2.75) is 38.7 Å². The lowest BCUT2D eigenvalue weighted by Crippen LogP contribution is -2.43. The van der Waals surface area contributed by atoms with Crippen LogP contribution in [0.1, 0.15) is 25.3 Å². The number of hydrogen-bond donors (Lipinski definition) is 2. The van der Waals surface area contributed by atoms with Gasteiger partial charge in [-0.15, -0.1) is 0 Å². The first-order valence-corrected chi connectivity index (χ1v) is 6.89. The fourth-order valence-corrected chi connectivity index (χ4v) is 2.52. The van der Waals surface area contributed by atoms with Gasteiger partial charge in [0.2, 0.25) is 5.92 Å². The molecule has 1 fully saturated rings. The molecule has 112 valence electrons. The van der Waals surface area contributed by atoms with E-state index in [2.05, 4.69) is 5.32 Å². The van der Waals surface area contributed by atoms with E-state index in [0.29, 0.717) is 5.75 Å². The Kier molecular flexibility index (Phi) is 4.48. The number of benzene rings is 1. The second kappa shape index (κ2) is 5.95. The molecule has 2 N–H and O–H groups in total. The first-order valence-electron chi connectivity index (χ1n) is 6.89. The molecule has 0 heterocycles. The third-order valence-corrected chi connectivity index (χ3v) is 3.63. The minimum absolute atomic E-state index is 0.00196. The lowest BCUT2D eigenvalue weighted by atomic mass is 9.77. The number of alkyl halides is 2. The van der Waals surface area contributed by atoms with Crippen molar-refractivity contribution in [1.29, 1.82) is 0 Å². The zero-order valence-electron chi connectivity index (χ0n) is 11.8. The fraction of sp³-hybridized carbons (Fsp3) is 0.600. The van der Waals surface area contributed by atoms with Crippen LogP contribution < -0.4 is 10.1 Å². The number of ether oxygens (including phenoxy) is 1. The molecule has 5 heteroatoms. The fourth-order valence-electron chi connectivity index (χ4n) is 2.52. The van der Waals surface area contributed by atoms with Crippen molar-refractivity contribution < 1.29 is 18.6 Å². The van der Waals surface area contributed by atoms with Gasteiger partial charge in [-0.25, -0.2) is 8.78 Å². The van der Waals surface area contributed by atoms with Gasteiger partial charge < -0.3 is 15.2 Å². The molecule has 1 unspecified atom stereocenters. The van der Waals surface area contributed by atoms with E-state index in [-0.39, 0.29) is 38.0 Å². The first kappa shape index (κ1) is 15.0.